The molecule has 0 saturated carbocycles. The summed E-state index contributed by atoms with van der Waals surface area (Å²) in [6.45, 7) is 0.948. The third-order valence-corrected chi connectivity index (χ3v) is 6.00. The van der Waals surface area contributed by atoms with Gasteiger partial charge < -0.3 is 19.4 Å². The molecule has 0 fully saturated rings. The summed E-state index contributed by atoms with van der Waals surface area (Å²) in [6.07, 6.45) is 4.50. The first-order chi connectivity index (χ1) is 14.6. The van der Waals surface area contributed by atoms with Crippen LogP contribution in [0.4, 0.5) is 5.69 Å². The zero-order valence-corrected chi connectivity index (χ0v) is 18.5. The van der Waals surface area contributed by atoms with E-state index in [2.05, 4.69) is 36.0 Å². The highest BCUT2D eigenvalue weighted by molar-refractivity contribution is 9.10. The fourth-order valence-corrected chi connectivity index (χ4v) is 4.16. The van der Waals surface area contributed by atoms with Gasteiger partial charge in [-0.3, -0.25) is 4.79 Å². The van der Waals surface area contributed by atoms with E-state index < -0.39 is 0 Å². The number of carbonyl (C=O) groups excluding carboxylic acids is 1. The van der Waals surface area contributed by atoms with Crippen LogP contribution in [0.2, 0.25) is 0 Å². The predicted molar refractivity (Wildman–Crippen MR) is 118 cm³/mol. The maximum absolute atomic E-state index is 12.7. The maximum atomic E-state index is 12.7. The Bertz CT molecular complexity index is 1040. The molecule has 2 aromatic carbocycles. The average molecular weight is 471 g/mol. The number of amides is 1. The van der Waals surface area contributed by atoms with Crippen molar-refractivity contribution in [3.63, 3.8) is 0 Å². The molecule has 1 aliphatic rings. The lowest BCUT2D eigenvalue weighted by Crippen LogP contribution is -2.12. The lowest BCUT2D eigenvalue weighted by atomic mass is 10.1. The average Bonchev–Trinajstić information content (AvgIpc) is 3.02. The monoisotopic (exact) mass is 470 g/mol. The number of hydrogen-bond donors (Lipinski definition) is 1. The van der Waals surface area contributed by atoms with Gasteiger partial charge in [-0.1, -0.05) is 6.42 Å². The van der Waals surface area contributed by atoms with Crippen LogP contribution in [-0.2, 0) is 13.0 Å². The summed E-state index contributed by atoms with van der Waals surface area (Å²) in [5.74, 6) is 2.75. The van der Waals surface area contributed by atoms with E-state index in [4.69, 9.17) is 9.47 Å². The Morgan fingerprint density at radius 1 is 1.03 bits per heavy atom. The summed E-state index contributed by atoms with van der Waals surface area (Å²) in [4.78, 5) is 12.7. The van der Waals surface area contributed by atoms with E-state index in [0.29, 0.717) is 27.2 Å². The SMILES string of the molecule is COc1cc(C(=O)Nc2ccc(-c3nnc4n3CCCCC4)cc2)cc(OC)c1Br. The van der Waals surface area contributed by atoms with Crippen molar-refractivity contribution >= 4 is 27.5 Å². The standard InChI is InChI=1S/C22H23BrN4O3/c1-29-17-12-15(13-18(30-2)20(17)23)22(28)24-16-9-7-14(8-10-16)21-26-25-19-6-4-3-5-11-27(19)21/h7-10,12-13H,3-6,11H2,1-2H3,(H,24,28). The number of nitrogens with one attached hydrogen (secondary N) is 1. The molecule has 1 aliphatic heterocycles. The summed E-state index contributed by atoms with van der Waals surface area (Å²) < 4.78 is 13.5. The van der Waals surface area contributed by atoms with Gasteiger partial charge in [-0.05, 0) is 65.2 Å². The second-order valence-electron chi connectivity index (χ2n) is 7.13. The largest absolute Gasteiger partial charge is 0.495 e. The van der Waals surface area contributed by atoms with E-state index >= 15 is 0 Å². The van der Waals surface area contributed by atoms with Gasteiger partial charge in [0.2, 0.25) is 0 Å². The van der Waals surface area contributed by atoms with Gasteiger partial charge in [0.15, 0.2) is 5.82 Å². The van der Waals surface area contributed by atoms with E-state index in [1.54, 1.807) is 26.4 Å². The molecule has 0 radical (unpaired) electrons. The van der Waals surface area contributed by atoms with Crippen molar-refractivity contribution in [3.05, 3.63) is 52.3 Å². The molecule has 0 bridgehead atoms. The number of aryl methyl sites for hydroxylation is 1. The Morgan fingerprint density at radius 2 is 1.73 bits per heavy atom. The minimum absolute atomic E-state index is 0.247. The molecule has 8 heteroatoms. The highest BCUT2D eigenvalue weighted by Crippen LogP contribution is 2.36. The molecular weight excluding hydrogens is 448 g/mol. The number of ether oxygens (including phenoxy) is 2. The maximum Gasteiger partial charge on any atom is 0.255 e. The van der Waals surface area contributed by atoms with Crippen LogP contribution < -0.4 is 14.8 Å². The highest BCUT2D eigenvalue weighted by atomic mass is 79.9. The fraction of sp³-hybridized carbons (Fsp3) is 0.318. The zero-order chi connectivity index (χ0) is 21.1. The molecule has 0 saturated heterocycles. The van der Waals surface area contributed by atoms with Crippen LogP contribution >= 0.6 is 15.9 Å². The summed E-state index contributed by atoms with van der Waals surface area (Å²) >= 11 is 3.41. The van der Waals surface area contributed by atoms with E-state index in [1.165, 1.54) is 6.42 Å². The van der Waals surface area contributed by atoms with Crippen LogP contribution in [-0.4, -0.2) is 34.9 Å². The van der Waals surface area contributed by atoms with Gasteiger partial charge in [0.25, 0.3) is 5.91 Å². The molecule has 3 aromatic rings. The molecule has 0 spiro atoms. The van der Waals surface area contributed by atoms with Crippen LogP contribution in [0.3, 0.4) is 0 Å². The van der Waals surface area contributed by atoms with Gasteiger partial charge in [-0.25, -0.2) is 0 Å². The highest BCUT2D eigenvalue weighted by Gasteiger charge is 2.17. The van der Waals surface area contributed by atoms with Crippen molar-refractivity contribution in [2.24, 2.45) is 0 Å². The number of benzene rings is 2. The third kappa shape index (κ3) is 4.05. The molecule has 4 rings (SSSR count). The van der Waals surface area contributed by atoms with Crippen LogP contribution in [0.1, 0.15) is 35.4 Å². The van der Waals surface area contributed by atoms with Crippen molar-refractivity contribution in [2.45, 2.75) is 32.2 Å². The Balaban J connectivity index is 1.53. The van der Waals surface area contributed by atoms with Crippen molar-refractivity contribution in [3.8, 4) is 22.9 Å². The number of halogens is 1. The van der Waals surface area contributed by atoms with Crippen molar-refractivity contribution in [1.82, 2.24) is 14.8 Å². The van der Waals surface area contributed by atoms with Crippen molar-refractivity contribution < 1.29 is 14.3 Å². The number of rotatable bonds is 5. The molecule has 2 heterocycles. The van der Waals surface area contributed by atoms with Crippen LogP contribution in [0.25, 0.3) is 11.4 Å². The molecule has 0 unspecified atom stereocenters. The lowest BCUT2D eigenvalue weighted by molar-refractivity contribution is 0.102. The molecule has 156 valence electrons. The summed E-state index contributed by atoms with van der Waals surface area (Å²) in [5, 5.41) is 11.7. The molecule has 0 aliphatic carbocycles. The predicted octanol–water partition coefficient (Wildman–Crippen LogP) is 4.70. The second kappa shape index (κ2) is 8.87. The van der Waals surface area contributed by atoms with Gasteiger partial charge in [-0.15, -0.1) is 10.2 Å². The molecule has 30 heavy (non-hydrogen) atoms. The summed E-state index contributed by atoms with van der Waals surface area (Å²) in [6, 6.07) is 11.0. The number of hydrogen-bond acceptors (Lipinski definition) is 5. The number of fused-ring (bicyclic) bond motifs is 1. The van der Waals surface area contributed by atoms with E-state index in [1.807, 2.05) is 24.3 Å². The molecule has 7 nitrogen and oxygen atoms in total. The Morgan fingerprint density at radius 3 is 2.40 bits per heavy atom. The Kier molecular flexibility index (Phi) is 6.03. The topological polar surface area (TPSA) is 78.3 Å². The summed E-state index contributed by atoms with van der Waals surface area (Å²) in [5.41, 5.74) is 2.12. The molecule has 1 N–H and O–H groups in total. The molecule has 1 amide bonds. The first kappa shape index (κ1) is 20.4. The number of methoxy groups -OCH3 is 2. The molecule has 1 aromatic heterocycles. The van der Waals surface area contributed by atoms with Crippen molar-refractivity contribution in [2.75, 3.05) is 19.5 Å². The van der Waals surface area contributed by atoms with Crippen LogP contribution in [0, 0.1) is 0 Å². The van der Waals surface area contributed by atoms with Crippen LogP contribution in [0.5, 0.6) is 11.5 Å². The summed E-state index contributed by atoms with van der Waals surface area (Å²) in [7, 11) is 3.09. The first-order valence-electron chi connectivity index (χ1n) is 9.86. The van der Waals surface area contributed by atoms with Crippen molar-refractivity contribution in [1.29, 1.82) is 0 Å². The first-order valence-corrected chi connectivity index (χ1v) is 10.7. The van der Waals surface area contributed by atoms with Crippen LogP contribution in [0.15, 0.2) is 40.9 Å². The number of anilines is 1. The number of carbonyl (C=O) groups is 1. The number of nitrogens with zero attached hydrogens (tertiary/aromatic N) is 3. The van der Waals surface area contributed by atoms with E-state index in [9.17, 15) is 4.79 Å². The molecular formula is C22H23BrN4O3. The van der Waals surface area contributed by atoms with Gasteiger partial charge in [0.05, 0.1) is 14.2 Å². The van der Waals surface area contributed by atoms with E-state index in [-0.39, 0.29) is 5.91 Å². The number of aromatic nitrogens is 3. The minimum atomic E-state index is -0.247. The van der Waals surface area contributed by atoms with Gasteiger partial charge >= 0.3 is 0 Å². The third-order valence-electron chi connectivity index (χ3n) is 5.22. The lowest BCUT2D eigenvalue weighted by Gasteiger charge is -2.12. The second-order valence-corrected chi connectivity index (χ2v) is 7.92. The minimum Gasteiger partial charge on any atom is -0.495 e. The van der Waals surface area contributed by atoms with E-state index in [0.717, 1.165) is 43.0 Å². The fourth-order valence-electron chi connectivity index (χ4n) is 3.60. The quantitative estimate of drug-likeness (QED) is 0.584. The van der Waals surface area contributed by atoms with Gasteiger partial charge in [0.1, 0.15) is 21.8 Å². The zero-order valence-electron chi connectivity index (χ0n) is 16.9. The Labute approximate surface area is 183 Å². The van der Waals surface area contributed by atoms with Gasteiger partial charge in [-0.2, -0.15) is 0 Å². The Hall–Kier alpha value is -2.87. The smallest absolute Gasteiger partial charge is 0.255 e. The van der Waals surface area contributed by atoms with Gasteiger partial charge in [0, 0.05) is 29.8 Å². The molecule has 0 atom stereocenters. The normalized spacial score (nSPS) is 13.3.